The molecule has 0 fully saturated rings. The number of aryl methyl sites for hydroxylation is 1. The van der Waals surface area contributed by atoms with Crippen LogP contribution < -0.4 is 20.7 Å². The molecule has 0 saturated heterocycles. The van der Waals surface area contributed by atoms with Crippen molar-refractivity contribution in [2.24, 2.45) is 5.73 Å². The summed E-state index contributed by atoms with van der Waals surface area (Å²) in [6.45, 7) is 11.3. The van der Waals surface area contributed by atoms with Gasteiger partial charge in [0.25, 0.3) is 0 Å². The Morgan fingerprint density at radius 2 is 1.70 bits per heavy atom. The van der Waals surface area contributed by atoms with Crippen LogP contribution in [0.5, 0.6) is 0 Å². The third-order valence-corrected chi connectivity index (χ3v) is 5.09. The minimum atomic E-state index is -0.430. The summed E-state index contributed by atoms with van der Waals surface area (Å²) in [5, 5.41) is 3.48. The van der Waals surface area contributed by atoms with E-state index in [9.17, 15) is 4.39 Å². The lowest BCUT2D eigenvalue weighted by Gasteiger charge is -2.26. The number of amides is 1. The summed E-state index contributed by atoms with van der Waals surface area (Å²) in [5.74, 6) is 0. The number of halogens is 1. The van der Waals surface area contributed by atoms with Crippen molar-refractivity contribution in [3.63, 3.8) is 0 Å². The fourth-order valence-corrected chi connectivity index (χ4v) is 3.42. The van der Waals surface area contributed by atoms with Crippen LogP contribution in [-0.4, -0.2) is 32.6 Å². The van der Waals surface area contributed by atoms with E-state index in [1.165, 1.54) is 30.5 Å². The number of alkyl halides is 1. The molecule has 2 rings (SSSR count). The van der Waals surface area contributed by atoms with Crippen LogP contribution in [0, 0.1) is 6.92 Å². The van der Waals surface area contributed by atoms with Gasteiger partial charge in [-0.25, -0.2) is 4.39 Å². The Bertz CT molecular complexity index is 744. The lowest BCUT2D eigenvalue weighted by Crippen LogP contribution is -2.31. The van der Waals surface area contributed by atoms with E-state index in [1.807, 2.05) is 32.9 Å². The van der Waals surface area contributed by atoms with Crippen LogP contribution in [0.4, 0.5) is 15.8 Å². The maximum atomic E-state index is 13.2. The smallest absolute Gasteiger partial charge is 0.204 e. The van der Waals surface area contributed by atoms with Crippen molar-refractivity contribution in [2.75, 3.05) is 36.4 Å². The van der Waals surface area contributed by atoms with Gasteiger partial charge in [0.05, 0.1) is 0 Å². The van der Waals surface area contributed by atoms with Crippen LogP contribution in [0.15, 0.2) is 42.5 Å². The summed E-state index contributed by atoms with van der Waals surface area (Å²) in [6.07, 6.45) is 4.92. The Hall–Kier alpha value is -2.25. The van der Waals surface area contributed by atoms with Crippen molar-refractivity contribution in [3.8, 4) is 0 Å². The second-order valence-corrected chi connectivity index (χ2v) is 7.74. The Morgan fingerprint density at radius 1 is 1.03 bits per heavy atom. The van der Waals surface area contributed by atoms with Crippen molar-refractivity contribution in [1.82, 2.24) is 4.72 Å². The summed E-state index contributed by atoms with van der Waals surface area (Å²) < 4.78 is 16.1. The standard InChI is InChI=1S/C23H34FN3S.C2H6.CH3NO/c1-3-4-5-11-25-22-8-6-20(7-9-22)10-13-27(14-12-26-28)23-16-19(2)15-21(17-23)18-24;1-2;2-1-3/h6-9,15-17,25-26,28H,3-5,10-14,18H2,1-2H3;1-2H3;1H,(H2,2,3). The zero-order chi connectivity index (χ0) is 24.9. The predicted molar refractivity (Wildman–Crippen MR) is 145 cm³/mol. The molecule has 1 amide bonds. The maximum absolute atomic E-state index is 13.2. The van der Waals surface area contributed by atoms with Crippen molar-refractivity contribution < 1.29 is 9.18 Å². The first kappa shape index (κ1) is 30.8. The normalized spacial score (nSPS) is 9.76. The molecule has 0 unspecified atom stereocenters. The van der Waals surface area contributed by atoms with Crippen molar-refractivity contribution in [3.05, 3.63) is 59.2 Å². The highest BCUT2D eigenvalue weighted by Crippen LogP contribution is 2.21. The van der Waals surface area contributed by atoms with Crippen molar-refractivity contribution in [1.29, 1.82) is 0 Å². The van der Waals surface area contributed by atoms with Gasteiger partial charge in [0.15, 0.2) is 0 Å². The number of primary amides is 1. The molecule has 0 saturated carbocycles. The van der Waals surface area contributed by atoms with Crippen molar-refractivity contribution in [2.45, 2.75) is 60.1 Å². The van der Waals surface area contributed by atoms with E-state index in [0.717, 1.165) is 49.4 Å². The number of nitrogens with one attached hydrogen (secondary N) is 2. The van der Waals surface area contributed by atoms with Gasteiger partial charge in [0.2, 0.25) is 6.41 Å². The molecule has 0 aliphatic rings. The summed E-state index contributed by atoms with van der Waals surface area (Å²) in [7, 11) is 0. The van der Waals surface area contributed by atoms with Crippen LogP contribution in [-0.2, 0) is 17.9 Å². The van der Waals surface area contributed by atoms with E-state index in [2.05, 4.69) is 70.7 Å². The molecule has 0 aliphatic heterocycles. The minimum Gasteiger partial charge on any atom is -0.385 e. The molecule has 186 valence electrons. The summed E-state index contributed by atoms with van der Waals surface area (Å²) in [6, 6.07) is 14.7. The molecular weight excluding hydrogens is 435 g/mol. The highest BCUT2D eigenvalue weighted by Gasteiger charge is 2.09. The number of thiol groups is 1. The molecule has 0 radical (unpaired) electrons. The van der Waals surface area contributed by atoms with Crippen LogP contribution in [0.3, 0.4) is 0 Å². The molecule has 0 spiro atoms. The first-order chi connectivity index (χ1) is 16.1. The topological polar surface area (TPSA) is 70.4 Å². The Kier molecular flexibility index (Phi) is 19.0. The lowest BCUT2D eigenvalue weighted by molar-refractivity contribution is -0.106. The van der Waals surface area contributed by atoms with Crippen LogP contribution in [0.2, 0.25) is 0 Å². The molecule has 2 aromatic rings. The third kappa shape index (κ3) is 13.8. The molecule has 0 aromatic heterocycles. The zero-order valence-corrected chi connectivity index (χ0v) is 21.6. The molecule has 7 heteroatoms. The van der Waals surface area contributed by atoms with Gasteiger partial charge in [-0.15, -0.1) is 0 Å². The Balaban J connectivity index is 0.00000189. The molecule has 33 heavy (non-hydrogen) atoms. The monoisotopic (exact) mass is 478 g/mol. The first-order valence-corrected chi connectivity index (χ1v) is 12.3. The van der Waals surface area contributed by atoms with E-state index in [-0.39, 0.29) is 6.41 Å². The van der Waals surface area contributed by atoms with Crippen molar-refractivity contribution >= 4 is 30.6 Å². The minimum absolute atomic E-state index is 0.250. The number of carbonyl (C=O) groups is 1. The van der Waals surface area contributed by atoms with Gasteiger partial charge in [-0.05, 0) is 60.7 Å². The van der Waals surface area contributed by atoms with E-state index in [1.54, 1.807) is 0 Å². The largest absolute Gasteiger partial charge is 0.385 e. The van der Waals surface area contributed by atoms with E-state index >= 15 is 0 Å². The SMILES string of the molecule is CC.CCCCCNc1ccc(CCN(CCNS)c2cc(C)cc(CF)c2)cc1.NC=O. The number of nitrogens with two attached hydrogens (primary N) is 1. The van der Waals surface area contributed by atoms with Gasteiger partial charge in [-0.1, -0.05) is 64.6 Å². The zero-order valence-electron chi connectivity index (χ0n) is 20.7. The molecule has 2 aromatic carbocycles. The number of unbranched alkanes of at least 4 members (excludes halogenated alkanes) is 2. The molecule has 0 heterocycles. The highest BCUT2D eigenvalue weighted by molar-refractivity contribution is 7.78. The van der Waals surface area contributed by atoms with Gasteiger partial charge in [0, 0.05) is 37.6 Å². The first-order valence-electron chi connectivity index (χ1n) is 11.8. The number of rotatable bonds is 13. The quantitative estimate of drug-likeness (QED) is 0.170. The summed E-state index contributed by atoms with van der Waals surface area (Å²) in [5.41, 5.74) is 9.55. The molecule has 5 nitrogen and oxygen atoms in total. The van der Waals surface area contributed by atoms with Gasteiger partial charge in [-0.2, -0.15) is 0 Å². The number of nitrogens with zero attached hydrogens (tertiary/aromatic N) is 1. The second kappa shape index (κ2) is 20.4. The molecule has 0 aliphatic carbocycles. The van der Waals surface area contributed by atoms with E-state index < -0.39 is 6.67 Å². The Labute approximate surface area is 205 Å². The molecular formula is C26H43FN4OS. The predicted octanol–water partition coefficient (Wildman–Crippen LogP) is 5.68. The fraction of sp³-hybridized carbons (Fsp3) is 0.500. The number of benzene rings is 2. The third-order valence-electron chi connectivity index (χ3n) is 4.87. The maximum Gasteiger partial charge on any atom is 0.204 e. The van der Waals surface area contributed by atoms with E-state index in [0.29, 0.717) is 0 Å². The van der Waals surface area contributed by atoms with Gasteiger partial charge in [0.1, 0.15) is 6.67 Å². The number of hydrogen-bond donors (Lipinski definition) is 4. The molecule has 0 atom stereocenters. The van der Waals surface area contributed by atoms with Crippen LogP contribution in [0.25, 0.3) is 0 Å². The molecule has 0 bridgehead atoms. The fourth-order valence-electron chi connectivity index (χ4n) is 3.32. The van der Waals surface area contributed by atoms with Gasteiger partial charge in [-0.3, -0.25) is 9.52 Å². The highest BCUT2D eigenvalue weighted by atomic mass is 32.1. The number of anilines is 2. The average Bonchev–Trinajstić information content (AvgIpc) is 2.84. The summed E-state index contributed by atoms with van der Waals surface area (Å²) in [4.78, 5) is 10.9. The van der Waals surface area contributed by atoms with Gasteiger partial charge >= 0.3 is 0 Å². The lowest BCUT2D eigenvalue weighted by atomic mass is 10.1. The van der Waals surface area contributed by atoms with Crippen LogP contribution in [0.1, 0.15) is 56.7 Å². The number of hydrogen-bond acceptors (Lipinski definition) is 5. The summed E-state index contributed by atoms with van der Waals surface area (Å²) >= 11 is 4.11. The number of carbonyl (C=O) groups excluding carboxylic acids is 1. The average molecular weight is 479 g/mol. The van der Waals surface area contributed by atoms with Crippen LogP contribution >= 0.6 is 12.8 Å². The van der Waals surface area contributed by atoms with E-state index in [4.69, 9.17) is 4.79 Å². The second-order valence-electron chi connectivity index (χ2n) is 7.42. The van der Waals surface area contributed by atoms with Gasteiger partial charge < -0.3 is 16.0 Å². The Morgan fingerprint density at radius 3 is 2.27 bits per heavy atom. The molecule has 4 N–H and O–H groups in total.